The average molecular weight is 388 g/mol. The number of thiophene rings is 1. The molecule has 0 fully saturated rings. The molecule has 4 rings (SSSR count). The van der Waals surface area contributed by atoms with Gasteiger partial charge in [-0.05, 0) is 42.9 Å². The molecule has 2 heterocycles. The lowest BCUT2D eigenvalue weighted by Crippen LogP contribution is -2.19. The summed E-state index contributed by atoms with van der Waals surface area (Å²) in [5.41, 5.74) is 8.17. The molecule has 2 aromatic heterocycles. The van der Waals surface area contributed by atoms with E-state index in [2.05, 4.69) is 17.2 Å². The van der Waals surface area contributed by atoms with Crippen LogP contribution in [0.15, 0.2) is 24.3 Å². The van der Waals surface area contributed by atoms with Crippen LogP contribution in [0.1, 0.15) is 44.6 Å². The molecule has 1 unspecified atom stereocenters. The molecule has 1 aliphatic rings. The van der Waals surface area contributed by atoms with Crippen LogP contribution in [-0.4, -0.2) is 16.8 Å². The molecule has 0 radical (unpaired) electrons. The van der Waals surface area contributed by atoms with E-state index in [0.29, 0.717) is 32.7 Å². The zero-order valence-electron chi connectivity index (χ0n) is 14.2. The highest BCUT2D eigenvalue weighted by Gasteiger charge is 2.27. The van der Waals surface area contributed by atoms with E-state index in [9.17, 15) is 9.59 Å². The van der Waals surface area contributed by atoms with Crippen molar-refractivity contribution in [3.8, 4) is 0 Å². The number of H-pyrrole nitrogens is 1. The van der Waals surface area contributed by atoms with E-state index >= 15 is 0 Å². The molecule has 134 valence electrons. The van der Waals surface area contributed by atoms with Crippen molar-refractivity contribution in [1.29, 1.82) is 0 Å². The molecule has 26 heavy (non-hydrogen) atoms. The summed E-state index contributed by atoms with van der Waals surface area (Å²) in [6.07, 6.45) is 2.76. The van der Waals surface area contributed by atoms with Crippen molar-refractivity contribution in [2.24, 2.45) is 11.7 Å². The van der Waals surface area contributed by atoms with Gasteiger partial charge in [0, 0.05) is 10.3 Å². The van der Waals surface area contributed by atoms with Gasteiger partial charge in [-0.1, -0.05) is 30.7 Å². The number of carbonyl (C=O) groups excluding carboxylic acids is 2. The number of primary amides is 1. The van der Waals surface area contributed by atoms with Gasteiger partial charge in [-0.25, -0.2) is 0 Å². The minimum atomic E-state index is -0.493. The summed E-state index contributed by atoms with van der Waals surface area (Å²) in [6, 6.07) is 7.23. The van der Waals surface area contributed by atoms with E-state index in [4.69, 9.17) is 17.3 Å². The van der Waals surface area contributed by atoms with E-state index in [1.165, 1.54) is 11.3 Å². The first-order chi connectivity index (χ1) is 12.4. The summed E-state index contributed by atoms with van der Waals surface area (Å²) in [5.74, 6) is -0.236. The van der Waals surface area contributed by atoms with Crippen LogP contribution in [0.5, 0.6) is 0 Å². The number of fused-ring (bicyclic) bond motifs is 2. The van der Waals surface area contributed by atoms with Crippen LogP contribution in [0.2, 0.25) is 5.02 Å². The van der Waals surface area contributed by atoms with Crippen molar-refractivity contribution in [3.05, 3.63) is 51.0 Å². The van der Waals surface area contributed by atoms with Crippen LogP contribution in [0.25, 0.3) is 10.9 Å². The van der Waals surface area contributed by atoms with Crippen LogP contribution >= 0.6 is 22.9 Å². The molecular formula is C19H18ClN3O2S. The summed E-state index contributed by atoms with van der Waals surface area (Å²) in [5, 5.41) is 4.81. The monoisotopic (exact) mass is 387 g/mol. The molecule has 0 saturated heterocycles. The molecule has 3 aromatic rings. The smallest absolute Gasteiger partial charge is 0.272 e. The molecule has 0 saturated carbocycles. The highest BCUT2D eigenvalue weighted by atomic mass is 35.5. The molecule has 0 bridgehead atoms. The first-order valence-corrected chi connectivity index (χ1v) is 9.66. The summed E-state index contributed by atoms with van der Waals surface area (Å²) in [6.45, 7) is 2.19. The van der Waals surface area contributed by atoms with Gasteiger partial charge in [-0.3, -0.25) is 9.59 Å². The van der Waals surface area contributed by atoms with Crippen LogP contribution in [0.4, 0.5) is 5.00 Å². The third kappa shape index (κ3) is 2.89. The van der Waals surface area contributed by atoms with Crippen molar-refractivity contribution in [2.45, 2.75) is 26.2 Å². The Kier molecular flexibility index (Phi) is 4.25. The van der Waals surface area contributed by atoms with Crippen molar-refractivity contribution < 1.29 is 9.59 Å². The van der Waals surface area contributed by atoms with Gasteiger partial charge in [0.1, 0.15) is 10.7 Å². The Bertz CT molecular complexity index is 1040. The van der Waals surface area contributed by atoms with E-state index in [-0.39, 0.29) is 5.91 Å². The number of aromatic nitrogens is 1. The molecule has 0 spiro atoms. The first-order valence-electron chi connectivity index (χ1n) is 8.47. The van der Waals surface area contributed by atoms with E-state index < -0.39 is 5.91 Å². The second-order valence-electron chi connectivity index (χ2n) is 6.76. The van der Waals surface area contributed by atoms with Crippen LogP contribution in [0, 0.1) is 5.92 Å². The van der Waals surface area contributed by atoms with Gasteiger partial charge in [-0.2, -0.15) is 0 Å². The maximum Gasteiger partial charge on any atom is 0.272 e. The predicted molar refractivity (Wildman–Crippen MR) is 105 cm³/mol. The van der Waals surface area contributed by atoms with Crippen molar-refractivity contribution in [3.63, 3.8) is 0 Å². The highest BCUT2D eigenvalue weighted by Crippen LogP contribution is 2.39. The Morgan fingerprint density at radius 2 is 2.19 bits per heavy atom. The molecule has 2 amide bonds. The predicted octanol–water partition coefficient (Wildman–Crippen LogP) is 4.36. The molecule has 1 aromatic carbocycles. The molecule has 5 nitrogen and oxygen atoms in total. The van der Waals surface area contributed by atoms with Gasteiger partial charge in [0.15, 0.2) is 0 Å². The standard InChI is InChI=1S/C19H18ClN3O2S/c1-9-5-6-11-14(7-9)26-19(15(11)17(21)24)23-18(25)13-8-10-3-2-4-12(20)16(10)22-13/h2-4,8-9,22H,5-7H2,1H3,(H2,21,24)(H,23,25). The number of nitrogens with two attached hydrogens (primary N) is 1. The molecule has 4 N–H and O–H groups in total. The number of halogens is 1. The molecule has 1 aliphatic carbocycles. The minimum absolute atomic E-state index is 0.314. The lowest BCUT2D eigenvalue weighted by Gasteiger charge is -2.18. The SMILES string of the molecule is CC1CCc2c(sc(NC(=O)c3cc4cccc(Cl)c4[nH]3)c2C(N)=O)C1. The number of hydrogen-bond acceptors (Lipinski definition) is 3. The molecule has 7 heteroatoms. The summed E-state index contributed by atoms with van der Waals surface area (Å²) >= 11 is 7.62. The molecule has 0 aliphatic heterocycles. The zero-order valence-corrected chi connectivity index (χ0v) is 15.8. The van der Waals surface area contributed by atoms with Crippen molar-refractivity contribution >= 4 is 50.7 Å². The maximum atomic E-state index is 12.7. The molecular weight excluding hydrogens is 370 g/mol. The van der Waals surface area contributed by atoms with Gasteiger partial charge in [0.25, 0.3) is 11.8 Å². The van der Waals surface area contributed by atoms with Crippen LogP contribution in [-0.2, 0) is 12.8 Å². The third-order valence-corrected chi connectivity index (χ3v) is 6.32. The van der Waals surface area contributed by atoms with Gasteiger partial charge in [-0.15, -0.1) is 11.3 Å². The fourth-order valence-electron chi connectivity index (χ4n) is 3.51. The lowest BCUT2D eigenvalue weighted by atomic mass is 9.88. The summed E-state index contributed by atoms with van der Waals surface area (Å²) in [4.78, 5) is 28.9. The number of benzene rings is 1. The first kappa shape index (κ1) is 17.1. The van der Waals surface area contributed by atoms with Gasteiger partial charge >= 0.3 is 0 Å². The normalized spacial score (nSPS) is 16.5. The van der Waals surface area contributed by atoms with E-state index in [0.717, 1.165) is 35.1 Å². The number of hydrogen-bond donors (Lipinski definition) is 3. The van der Waals surface area contributed by atoms with Gasteiger partial charge < -0.3 is 16.0 Å². The van der Waals surface area contributed by atoms with E-state index in [1.807, 2.05) is 12.1 Å². The second kappa shape index (κ2) is 6.45. The minimum Gasteiger partial charge on any atom is -0.365 e. The quantitative estimate of drug-likeness (QED) is 0.623. The van der Waals surface area contributed by atoms with Crippen molar-refractivity contribution in [2.75, 3.05) is 5.32 Å². The number of carbonyl (C=O) groups is 2. The van der Waals surface area contributed by atoms with Crippen LogP contribution in [0.3, 0.4) is 0 Å². The lowest BCUT2D eigenvalue weighted by molar-refractivity contribution is 0.1000. The van der Waals surface area contributed by atoms with Gasteiger partial charge in [0.2, 0.25) is 0 Å². The second-order valence-corrected chi connectivity index (χ2v) is 8.27. The summed E-state index contributed by atoms with van der Waals surface area (Å²) in [7, 11) is 0. The largest absolute Gasteiger partial charge is 0.365 e. The van der Waals surface area contributed by atoms with Gasteiger partial charge in [0.05, 0.1) is 16.1 Å². The van der Waals surface area contributed by atoms with Crippen LogP contribution < -0.4 is 11.1 Å². The highest BCUT2D eigenvalue weighted by molar-refractivity contribution is 7.17. The zero-order chi connectivity index (χ0) is 18.4. The van der Waals surface area contributed by atoms with Crippen molar-refractivity contribution in [1.82, 2.24) is 4.98 Å². The Morgan fingerprint density at radius 3 is 2.92 bits per heavy atom. The number of rotatable bonds is 3. The number of aromatic amines is 1. The number of para-hydroxylation sites is 1. The molecule has 1 atom stereocenters. The number of anilines is 1. The number of amides is 2. The fraction of sp³-hybridized carbons (Fsp3) is 0.263. The fourth-order valence-corrected chi connectivity index (χ4v) is 5.15. The Hall–Kier alpha value is -2.31. The third-order valence-electron chi connectivity index (χ3n) is 4.84. The Labute approximate surface area is 159 Å². The topological polar surface area (TPSA) is 88.0 Å². The number of nitrogens with one attached hydrogen (secondary N) is 2. The summed E-state index contributed by atoms with van der Waals surface area (Å²) < 4.78 is 0. The van der Waals surface area contributed by atoms with E-state index in [1.54, 1.807) is 12.1 Å². The average Bonchev–Trinajstić information content (AvgIpc) is 3.16. The Morgan fingerprint density at radius 1 is 1.38 bits per heavy atom. The Balaban J connectivity index is 1.69. The maximum absolute atomic E-state index is 12.7.